The summed E-state index contributed by atoms with van der Waals surface area (Å²) in [4.78, 5) is 11.4. The Kier molecular flexibility index (Phi) is 8.68. The highest BCUT2D eigenvalue weighted by atomic mass is 16.5. The molecule has 0 heterocycles. The first-order chi connectivity index (χ1) is 9.33. The summed E-state index contributed by atoms with van der Waals surface area (Å²) in [6.45, 7) is 1.49. The summed E-state index contributed by atoms with van der Waals surface area (Å²) in [5, 5.41) is 11.4. The number of aliphatic hydroxyl groups is 1. The molecule has 0 saturated heterocycles. The maximum atomic E-state index is 11.4. The van der Waals surface area contributed by atoms with E-state index in [1.54, 1.807) is 0 Å². The lowest BCUT2D eigenvalue weighted by molar-refractivity contribution is -0.126. The van der Waals surface area contributed by atoms with Crippen LogP contribution < -0.4 is 5.32 Å². The van der Waals surface area contributed by atoms with Crippen LogP contribution in [0.25, 0.3) is 0 Å². The minimum Gasteiger partial charge on any atom is -0.396 e. The average Bonchev–Trinajstić information content (AvgIpc) is 2.44. The third kappa shape index (κ3) is 8.35. The summed E-state index contributed by atoms with van der Waals surface area (Å²) in [5.41, 5.74) is 1.07. The van der Waals surface area contributed by atoms with Crippen molar-refractivity contribution in [3.63, 3.8) is 0 Å². The highest BCUT2D eigenvalue weighted by molar-refractivity contribution is 5.77. The number of hydrogen-bond acceptors (Lipinski definition) is 3. The molecular weight excluding hydrogens is 242 g/mol. The summed E-state index contributed by atoms with van der Waals surface area (Å²) < 4.78 is 5.33. The number of rotatable bonds is 10. The molecule has 0 fully saturated rings. The molecule has 1 aromatic carbocycles. The van der Waals surface area contributed by atoms with Crippen LogP contribution in [0.3, 0.4) is 0 Å². The van der Waals surface area contributed by atoms with Crippen molar-refractivity contribution in [3.05, 3.63) is 35.9 Å². The second-order valence-electron chi connectivity index (χ2n) is 4.47. The number of nitrogens with one attached hydrogen (secondary N) is 1. The standard InChI is InChI=1S/C15H23NO3/c17-11-7-2-1-6-10-16-15(18)13-19-12-14-8-4-3-5-9-14/h3-5,8-9,17H,1-2,6-7,10-13H2,(H,16,18). The molecule has 1 aromatic rings. The van der Waals surface area contributed by atoms with Gasteiger partial charge in [0.05, 0.1) is 6.61 Å². The Bertz CT molecular complexity index is 341. The van der Waals surface area contributed by atoms with E-state index in [4.69, 9.17) is 9.84 Å². The first kappa shape index (κ1) is 15.7. The van der Waals surface area contributed by atoms with Crippen molar-refractivity contribution < 1.29 is 14.6 Å². The zero-order chi connectivity index (χ0) is 13.8. The van der Waals surface area contributed by atoms with Crippen LogP contribution in [-0.2, 0) is 16.1 Å². The molecule has 0 saturated carbocycles. The van der Waals surface area contributed by atoms with E-state index in [0.29, 0.717) is 13.2 Å². The molecule has 0 aromatic heterocycles. The number of ether oxygens (including phenoxy) is 1. The van der Waals surface area contributed by atoms with Crippen molar-refractivity contribution in [2.75, 3.05) is 19.8 Å². The van der Waals surface area contributed by atoms with Gasteiger partial charge in [-0.15, -0.1) is 0 Å². The van der Waals surface area contributed by atoms with Gasteiger partial charge in [0.15, 0.2) is 0 Å². The van der Waals surface area contributed by atoms with Crippen LogP contribution in [0.15, 0.2) is 30.3 Å². The Hall–Kier alpha value is -1.39. The predicted octanol–water partition coefficient (Wildman–Crippen LogP) is 1.87. The fourth-order valence-electron chi connectivity index (χ4n) is 1.71. The second kappa shape index (κ2) is 10.5. The molecule has 106 valence electrons. The predicted molar refractivity (Wildman–Crippen MR) is 74.7 cm³/mol. The Morgan fingerprint density at radius 3 is 2.58 bits per heavy atom. The van der Waals surface area contributed by atoms with Crippen molar-refractivity contribution in [1.29, 1.82) is 0 Å². The topological polar surface area (TPSA) is 58.6 Å². The summed E-state index contributed by atoms with van der Waals surface area (Å²) in [6.07, 6.45) is 3.83. The van der Waals surface area contributed by atoms with Gasteiger partial charge in [0, 0.05) is 13.2 Å². The van der Waals surface area contributed by atoms with Crippen LogP contribution >= 0.6 is 0 Å². The van der Waals surface area contributed by atoms with Gasteiger partial charge in [0.2, 0.25) is 5.91 Å². The van der Waals surface area contributed by atoms with E-state index < -0.39 is 0 Å². The third-order valence-electron chi connectivity index (χ3n) is 2.75. The van der Waals surface area contributed by atoms with Crippen LogP contribution in [0.1, 0.15) is 31.2 Å². The van der Waals surface area contributed by atoms with E-state index in [1.165, 1.54) is 0 Å². The molecule has 0 aliphatic carbocycles. The van der Waals surface area contributed by atoms with E-state index in [1.807, 2.05) is 30.3 Å². The normalized spacial score (nSPS) is 10.4. The Morgan fingerprint density at radius 2 is 1.84 bits per heavy atom. The monoisotopic (exact) mass is 265 g/mol. The number of hydrogen-bond donors (Lipinski definition) is 2. The lowest BCUT2D eigenvalue weighted by Crippen LogP contribution is -2.28. The molecule has 0 aliphatic heterocycles. The third-order valence-corrected chi connectivity index (χ3v) is 2.75. The summed E-state index contributed by atoms with van der Waals surface area (Å²) in [6, 6.07) is 9.79. The number of unbranched alkanes of at least 4 members (excludes halogenated alkanes) is 3. The molecule has 2 N–H and O–H groups in total. The van der Waals surface area contributed by atoms with Crippen molar-refractivity contribution in [3.8, 4) is 0 Å². The van der Waals surface area contributed by atoms with Crippen molar-refractivity contribution in [2.24, 2.45) is 0 Å². The molecule has 0 aliphatic rings. The molecule has 0 radical (unpaired) electrons. The van der Waals surface area contributed by atoms with E-state index in [-0.39, 0.29) is 19.1 Å². The van der Waals surface area contributed by atoms with Gasteiger partial charge in [0.25, 0.3) is 0 Å². The second-order valence-corrected chi connectivity index (χ2v) is 4.47. The maximum absolute atomic E-state index is 11.4. The largest absolute Gasteiger partial charge is 0.396 e. The van der Waals surface area contributed by atoms with E-state index in [9.17, 15) is 4.79 Å². The van der Waals surface area contributed by atoms with Gasteiger partial charge in [-0.3, -0.25) is 4.79 Å². The first-order valence-electron chi connectivity index (χ1n) is 6.82. The van der Waals surface area contributed by atoms with Gasteiger partial charge in [-0.05, 0) is 18.4 Å². The van der Waals surface area contributed by atoms with Crippen LogP contribution in [0.2, 0.25) is 0 Å². The fraction of sp³-hybridized carbons (Fsp3) is 0.533. The van der Waals surface area contributed by atoms with Gasteiger partial charge in [-0.2, -0.15) is 0 Å². The molecule has 4 nitrogen and oxygen atoms in total. The van der Waals surface area contributed by atoms with Crippen LogP contribution in [0, 0.1) is 0 Å². The summed E-state index contributed by atoms with van der Waals surface area (Å²) in [5.74, 6) is -0.0712. The molecule has 0 atom stereocenters. The van der Waals surface area contributed by atoms with Crippen LogP contribution in [0.5, 0.6) is 0 Å². The smallest absolute Gasteiger partial charge is 0.246 e. The van der Waals surface area contributed by atoms with Crippen LogP contribution in [-0.4, -0.2) is 30.8 Å². The minimum atomic E-state index is -0.0712. The number of carbonyl (C=O) groups is 1. The average molecular weight is 265 g/mol. The minimum absolute atomic E-state index is 0.0712. The first-order valence-corrected chi connectivity index (χ1v) is 6.82. The lowest BCUT2D eigenvalue weighted by Gasteiger charge is -2.06. The fourth-order valence-corrected chi connectivity index (χ4v) is 1.71. The molecule has 0 spiro atoms. The Balaban J connectivity index is 1.96. The SMILES string of the molecule is O=C(COCc1ccccc1)NCCCCCCO. The lowest BCUT2D eigenvalue weighted by atomic mass is 10.2. The highest BCUT2D eigenvalue weighted by Gasteiger charge is 2.00. The van der Waals surface area contributed by atoms with E-state index >= 15 is 0 Å². The molecule has 0 unspecified atom stereocenters. The van der Waals surface area contributed by atoms with E-state index in [0.717, 1.165) is 31.2 Å². The number of benzene rings is 1. The van der Waals surface area contributed by atoms with Crippen molar-refractivity contribution >= 4 is 5.91 Å². The van der Waals surface area contributed by atoms with Gasteiger partial charge in [0.1, 0.15) is 6.61 Å². The van der Waals surface area contributed by atoms with Crippen molar-refractivity contribution in [2.45, 2.75) is 32.3 Å². The van der Waals surface area contributed by atoms with Gasteiger partial charge >= 0.3 is 0 Å². The molecule has 1 rings (SSSR count). The molecule has 4 heteroatoms. The van der Waals surface area contributed by atoms with Gasteiger partial charge in [-0.25, -0.2) is 0 Å². The van der Waals surface area contributed by atoms with E-state index in [2.05, 4.69) is 5.32 Å². The number of aliphatic hydroxyl groups excluding tert-OH is 1. The number of amides is 1. The van der Waals surface area contributed by atoms with Gasteiger partial charge < -0.3 is 15.2 Å². The maximum Gasteiger partial charge on any atom is 0.246 e. The zero-order valence-electron chi connectivity index (χ0n) is 11.3. The molecule has 1 amide bonds. The highest BCUT2D eigenvalue weighted by Crippen LogP contribution is 2.00. The van der Waals surface area contributed by atoms with Gasteiger partial charge in [-0.1, -0.05) is 43.2 Å². The molecule has 19 heavy (non-hydrogen) atoms. The zero-order valence-corrected chi connectivity index (χ0v) is 11.3. The number of carbonyl (C=O) groups excluding carboxylic acids is 1. The van der Waals surface area contributed by atoms with Crippen molar-refractivity contribution in [1.82, 2.24) is 5.32 Å². The quantitative estimate of drug-likeness (QED) is 0.635. The Labute approximate surface area is 114 Å². The molecular formula is C15H23NO3. The summed E-state index contributed by atoms with van der Waals surface area (Å²) in [7, 11) is 0. The molecule has 0 bridgehead atoms. The van der Waals surface area contributed by atoms with Crippen LogP contribution in [0.4, 0.5) is 0 Å². The Morgan fingerprint density at radius 1 is 1.11 bits per heavy atom. The summed E-state index contributed by atoms with van der Waals surface area (Å²) >= 11 is 0.